The average molecular weight is 545 g/mol. The Hall–Kier alpha value is -5.18. The predicted octanol–water partition coefficient (Wildman–Crippen LogP) is 6.25. The molecule has 0 radical (unpaired) electrons. The van der Waals surface area contributed by atoms with E-state index in [1.54, 1.807) is 0 Å². The number of hydrogen-bond donors (Lipinski definition) is 5. The minimum atomic E-state index is -0.907. The van der Waals surface area contributed by atoms with E-state index < -0.39 is 29.2 Å². The van der Waals surface area contributed by atoms with Gasteiger partial charge in [0.05, 0.1) is 16.7 Å². The molecule has 9 nitrogen and oxygen atoms in total. The summed E-state index contributed by atoms with van der Waals surface area (Å²) in [6, 6.07) is 16.3. The van der Waals surface area contributed by atoms with Crippen molar-refractivity contribution in [2.45, 2.75) is 32.6 Å². The fourth-order valence-electron chi connectivity index (χ4n) is 4.10. The quantitative estimate of drug-likeness (QED) is 0.0711. The first kappa shape index (κ1) is 27.8. The van der Waals surface area contributed by atoms with Gasteiger partial charge in [0.15, 0.2) is 23.0 Å². The molecule has 40 heavy (non-hydrogen) atoms. The van der Waals surface area contributed by atoms with E-state index in [2.05, 4.69) is 0 Å². The molecule has 0 atom stereocenters. The molecule has 9 heteroatoms. The monoisotopic (exact) mass is 544 g/mol. The molecule has 0 saturated carbocycles. The van der Waals surface area contributed by atoms with Gasteiger partial charge in [0, 0.05) is 6.42 Å². The van der Waals surface area contributed by atoms with Gasteiger partial charge in [-0.2, -0.15) is 0 Å². The molecular weight excluding hydrogens is 516 g/mol. The first-order valence-electron chi connectivity index (χ1n) is 12.6. The number of carbonyl (C=O) groups is 2. The summed E-state index contributed by atoms with van der Waals surface area (Å²) >= 11 is 0. The molecule has 0 aromatic heterocycles. The molecule has 0 unspecified atom stereocenters. The van der Waals surface area contributed by atoms with Crippen LogP contribution in [0, 0.1) is 0 Å². The molecule has 0 aliphatic carbocycles. The van der Waals surface area contributed by atoms with E-state index in [4.69, 9.17) is 9.47 Å². The van der Waals surface area contributed by atoms with Gasteiger partial charge in [-0.1, -0.05) is 44.0 Å². The second-order valence-electron chi connectivity index (χ2n) is 9.07. The van der Waals surface area contributed by atoms with Gasteiger partial charge < -0.3 is 35.0 Å². The summed E-state index contributed by atoms with van der Waals surface area (Å²) in [4.78, 5) is 25.8. The van der Waals surface area contributed by atoms with Crippen LogP contribution in [0.25, 0.3) is 22.3 Å². The van der Waals surface area contributed by atoms with Crippen LogP contribution < -0.4 is 9.47 Å². The van der Waals surface area contributed by atoms with Gasteiger partial charge in [-0.3, -0.25) is 4.79 Å². The van der Waals surface area contributed by atoms with Crippen molar-refractivity contribution in [1.29, 1.82) is 0 Å². The fourth-order valence-corrected chi connectivity index (χ4v) is 4.10. The number of carbonyl (C=O) groups excluding carboxylic acids is 2. The van der Waals surface area contributed by atoms with Crippen LogP contribution in [0.4, 0.5) is 0 Å². The van der Waals surface area contributed by atoms with Crippen molar-refractivity contribution >= 4 is 11.9 Å². The molecule has 0 aliphatic rings. The zero-order valence-electron chi connectivity index (χ0n) is 21.6. The molecule has 0 amide bonds. The van der Waals surface area contributed by atoms with Gasteiger partial charge in [0.25, 0.3) is 0 Å². The number of benzene rings is 4. The Morgan fingerprint density at radius 2 is 1.02 bits per heavy atom. The maximum absolute atomic E-state index is 13.1. The first-order valence-corrected chi connectivity index (χ1v) is 12.6. The van der Waals surface area contributed by atoms with Crippen LogP contribution in [0.5, 0.6) is 40.2 Å². The highest BCUT2D eigenvalue weighted by Crippen LogP contribution is 2.56. The Kier molecular flexibility index (Phi) is 8.44. The molecule has 0 bridgehead atoms. The van der Waals surface area contributed by atoms with Gasteiger partial charge >= 0.3 is 11.9 Å². The largest absolute Gasteiger partial charge is 0.508 e. The number of aromatic hydroxyl groups is 5. The van der Waals surface area contributed by atoms with E-state index in [9.17, 15) is 35.1 Å². The summed E-state index contributed by atoms with van der Waals surface area (Å²) in [7, 11) is 0. The van der Waals surface area contributed by atoms with E-state index in [-0.39, 0.29) is 57.2 Å². The first-order chi connectivity index (χ1) is 19.2. The Balaban J connectivity index is 1.94. The van der Waals surface area contributed by atoms with Crippen LogP contribution >= 0.6 is 0 Å². The predicted molar refractivity (Wildman–Crippen MR) is 147 cm³/mol. The number of ether oxygens (including phenoxy) is 2. The Morgan fingerprint density at radius 1 is 0.600 bits per heavy atom. The number of hydrogen-bond acceptors (Lipinski definition) is 9. The molecule has 4 aromatic rings. The summed E-state index contributed by atoms with van der Waals surface area (Å²) in [6.45, 7) is 1.99. The van der Waals surface area contributed by atoms with Crippen molar-refractivity contribution in [2.24, 2.45) is 0 Å². The maximum Gasteiger partial charge on any atom is 0.343 e. The molecule has 0 heterocycles. The van der Waals surface area contributed by atoms with Gasteiger partial charge in [0.2, 0.25) is 0 Å². The van der Waals surface area contributed by atoms with Crippen LogP contribution in [0.2, 0.25) is 0 Å². The third kappa shape index (κ3) is 6.10. The van der Waals surface area contributed by atoms with Crippen LogP contribution in [-0.2, 0) is 4.79 Å². The molecule has 0 fully saturated rings. The molecule has 4 rings (SSSR count). The minimum absolute atomic E-state index is 0.0472. The van der Waals surface area contributed by atoms with Crippen molar-refractivity contribution in [3.63, 3.8) is 0 Å². The lowest BCUT2D eigenvalue weighted by Gasteiger charge is -2.21. The number of phenols is 5. The topological polar surface area (TPSA) is 154 Å². The molecule has 0 spiro atoms. The summed E-state index contributed by atoms with van der Waals surface area (Å²) in [6.07, 6.45) is 2.30. The van der Waals surface area contributed by atoms with Crippen LogP contribution in [0.3, 0.4) is 0 Å². The number of unbranched alkanes of at least 4 members (excludes halogenated alkanes) is 2. The van der Waals surface area contributed by atoms with Crippen molar-refractivity contribution in [1.82, 2.24) is 0 Å². The zero-order chi connectivity index (χ0) is 28.8. The van der Waals surface area contributed by atoms with Gasteiger partial charge in [-0.25, -0.2) is 4.79 Å². The molecule has 0 aliphatic heterocycles. The lowest BCUT2D eigenvalue weighted by molar-refractivity contribution is -0.134. The lowest BCUT2D eigenvalue weighted by atomic mass is 9.95. The highest BCUT2D eigenvalue weighted by atomic mass is 16.6. The molecular formula is C31H28O9. The van der Waals surface area contributed by atoms with Gasteiger partial charge in [-0.05, 0) is 66.1 Å². The lowest BCUT2D eigenvalue weighted by Crippen LogP contribution is -2.12. The fraction of sp³-hybridized carbons (Fsp3) is 0.161. The molecule has 5 N–H and O–H groups in total. The minimum Gasteiger partial charge on any atom is -0.508 e. The van der Waals surface area contributed by atoms with Crippen LogP contribution in [0.1, 0.15) is 43.0 Å². The van der Waals surface area contributed by atoms with Crippen molar-refractivity contribution in [3.05, 3.63) is 78.4 Å². The molecule has 0 saturated heterocycles. The van der Waals surface area contributed by atoms with Crippen LogP contribution in [-0.4, -0.2) is 37.5 Å². The number of rotatable bonds is 9. The van der Waals surface area contributed by atoms with E-state index in [1.165, 1.54) is 72.8 Å². The maximum atomic E-state index is 13.1. The van der Waals surface area contributed by atoms with E-state index in [0.29, 0.717) is 6.42 Å². The van der Waals surface area contributed by atoms with Crippen molar-refractivity contribution in [2.75, 3.05) is 0 Å². The van der Waals surface area contributed by atoms with Gasteiger partial charge in [-0.15, -0.1) is 0 Å². The van der Waals surface area contributed by atoms with Crippen molar-refractivity contribution in [3.8, 4) is 62.5 Å². The highest BCUT2D eigenvalue weighted by molar-refractivity contribution is 5.98. The zero-order valence-corrected chi connectivity index (χ0v) is 21.6. The molecule has 4 aromatic carbocycles. The summed E-state index contributed by atoms with van der Waals surface area (Å²) < 4.78 is 11.2. The third-order valence-electron chi connectivity index (χ3n) is 6.17. The summed E-state index contributed by atoms with van der Waals surface area (Å²) in [5.74, 6) is -3.76. The van der Waals surface area contributed by atoms with E-state index in [0.717, 1.165) is 12.8 Å². The Bertz CT molecular complexity index is 1510. The average Bonchev–Trinajstić information content (AvgIpc) is 2.94. The van der Waals surface area contributed by atoms with Crippen molar-refractivity contribution < 1.29 is 44.6 Å². The standard InChI is InChI=1S/C31H28O9/c1-2-3-4-5-24(35)39-29-25(18-6-12-21(32)13-7-18)28(37)30(40-31(38)20-10-16-23(34)17-11-20)26(27(29)36)19-8-14-22(33)15-9-19/h6-17,32-34,36-37H,2-5H2,1H3. The van der Waals surface area contributed by atoms with Gasteiger partial charge in [0.1, 0.15) is 17.2 Å². The normalized spacial score (nSPS) is 10.7. The Labute approximate surface area is 230 Å². The third-order valence-corrected chi connectivity index (χ3v) is 6.17. The summed E-state index contributed by atoms with van der Waals surface area (Å²) in [5.41, 5.74) is 0.229. The number of phenolic OH excluding ortho intramolecular Hbond substituents is 5. The SMILES string of the molecule is CCCCCC(=O)Oc1c(O)c(-c2ccc(O)cc2)c(OC(=O)c2ccc(O)cc2)c(O)c1-c1ccc(O)cc1. The van der Waals surface area contributed by atoms with E-state index >= 15 is 0 Å². The summed E-state index contributed by atoms with van der Waals surface area (Å²) in [5, 5.41) is 52.2. The second kappa shape index (κ2) is 12.1. The van der Waals surface area contributed by atoms with Crippen LogP contribution in [0.15, 0.2) is 72.8 Å². The molecule has 206 valence electrons. The second-order valence-corrected chi connectivity index (χ2v) is 9.07. The highest BCUT2D eigenvalue weighted by Gasteiger charge is 2.31. The smallest absolute Gasteiger partial charge is 0.343 e. The van der Waals surface area contributed by atoms with E-state index in [1.807, 2.05) is 6.92 Å². The number of esters is 2. The Morgan fingerprint density at radius 3 is 1.48 bits per heavy atom.